The quantitative estimate of drug-likeness (QED) is 0.341. The Morgan fingerprint density at radius 2 is 2.09 bits per heavy atom. The summed E-state index contributed by atoms with van der Waals surface area (Å²) in [6.45, 7) is 4.05. The molecule has 0 aliphatic carbocycles. The molecule has 2 rings (SSSR count). The van der Waals surface area contributed by atoms with Crippen molar-refractivity contribution in [1.82, 2.24) is 10.4 Å². The van der Waals surface area contributed by atoms with Crippen LogP contribution in [-0.4, -0.2) is 18.4 Å². The van der Waals surface area contributed by atoms with Crippen LogP contribution in [0.2, 0.25) is 0 Å². The molecule has 0 saturated carbocycles. The second kappa shape index (κ2) is 9.36. The molecule has 0 fully saturated rings. The number of hydrogen-bond acceptors (Lipinski definition) is 5. The van der Waals surface area contributed by atoms with E-state index in [0.29, 0.717) is 12.3 Å². The van der Waals surface area contributed by atoms with E-state index in [1.807, 2.05) is 20.0 Å². The highest BCUT2D eigenvalue weighted by Gasteiger charge is 2.03. The molecule has 6 heteroatoms. The van der Waals surface area contributed by atoms with Gasteiger partial charge in [-0.15, -0.1) is 0 Å². The fourth-order valence-corrected chi connectivity index (χ4v) is 1.94. The van der Waals surface area contributed by atoms with Gasteiger partial charge in [0.05, 0.1) is 6.20 Å². The second-order valence-corrected chi connectivity index (χ2v) is 4.41. The first-order valence-corrected chi connectivity index (χ1v) is 6.96. The van der Waals surface area contributed by atoms with E-state index in [9.17, 15) is 0 Å². The fourth-order valence-electron chi connectivity index (χ4n) is 1.94. The lowest BCUT2D eigenvalue weighted by Gasteiger charge is -2.09. The molecule has 0 atom stereocenters. The number of nitrogens with two attached hydrogens (primary N) is 1. The summed E-state index contributed by atoms with van der Waals surface area (Å²) in [6, 6.07) is 6.28. The number of nitrogens with zero attached hydrogens (tertiary/aromatic N) is 1. The first-order valence-electron chi connectivity index (χ1n) is 6.96. The molecule has 1 aromatic carbocycles. The molecule has 0 spiro atoms. The minimum atomic E-state index is 0.403. The zero-order valence-electron chi connectivity index (χ0n) is 13.1. The van der Waals surface area contributed by atoms with Crippen LogP contribution in [0.1, 0.15) is 29.7 Å². The Morgan fingerprint density at radius 3 is 2.59 bits per heavy atom. The van der Waals surface area contributed by atoms with E-state index >= 15 is 0 Å². The van der Waals surface area contributed by atoms with Crippen LogP contribution >= 0.6 is 0 Å². The Bertz CT molecular complexity index is 598. The summed E-state index contributed by atoms with van der Waals surface area (Å²) in [7, 11) is 1.93. The topological polar surface area (TPSA) is 93.2 Å². The van der Waals surface area contributed by atoms with E-state index in [0.717, 1.165) is 17.9 Å². The third-order valence-electron chi connectivity index (χ3n) is 2.95. The minimum Gasteiger partial charge on any atom is -0.442 e. The van der Waals surface area contributed by atoms with E-state index in [1.54, 1.807) is 11.6 Å². The maximum Gasteiger partial charge on any atom is 0.221 e. The van der Waals surface area contributed by atoms with Crippen LogP contribution in [0.3, 0.4) is 0 Å². The molecule has 0 aliphatic rings. The van der Waals surface area contributed by atoms with E-state index < -0.39 is 0 Å². The Hall–Kier alpha value is -2.60. The molecule has 118 valence electrons. The molecule has 0 saturated heterocycles. The van der Waals surface area contributed by atoms with Gasteiger partial charge < -0.3 is 9.73 Å². The van der Waals surface area contributed by atoms with Crippen molar-refractivity contribution in [3.8, 4) is 0 Å². The maximum absolute atomic E-state index is 8.94. The maximum atomic E-state index is 8.94. The van der Waals surface area contributed by atoms with Crippen molar-refractivity contribution < 1.29 is 9.21 Å². The Labute approximate surface area is 130 Å². The number of nitrogens with one attached hydrogen (secondary N) is 2. The number of aryl methyl sites for hydroxylation is 2. The van der Waals surface area contributed by atoms with E-state index in [4.69, 9.17) is 9.21 Å². The van der Waals surface area contributed by atoms with Gasteiger partial charge in [0.15, 0.2) is 0 Å². The standard InChI is InChI=1S/C15H18N2O.CH4N2O/c1-4-12-6-5-7-14(16-3)13(12)8-9-15-17-10-11(2)18-15;2-3-1-4/h5-10,16H,4H2,1-3H3;1H,2H2,(H,3,4)/b9-8+;. The summed E-state index contributed by atoms with van der Waals surface area (Å²) < 4.78 is 5.43. The number of carbonyl (C=O) groups excluding carboxylic acids is 1. The molecule has 1 aromatic heterocycles. The summed E-state index contributed by atoms with van der Waals surface area (Å²) in [6.07, 6.45) is 7.09. The van der Waals surface area contributed by atoms with Gasteiger partial charge in [-0.05, 0) is 31.1 Å². The summed E-state index contributed by atoms with van der Waals surface area (Å²) >= 11 is 0. The highest BCUT2D eigenvalue weighted by Crippen LogP contribution is 2.23. The van der Waals surface area contributed by atoms with Crippen molar-refractivity contribution in [1.29, 1.82) is 0 Å². The average molecular weight is 302 g/mol. The molecule has 1 amide bonds. The van der Waals surface area contributed by atoms with Crippen molar-refractivity contribution in [2.24, 2.45) is 5.84 Å². The molecule has 2 aromatic rings. The SMILES string of the molecule is CCc1cccc(NC)c1/C=C/c1ncc(C)o1.NNC=O. The first-order chi connectivity index (χ1) is 10.7. The molecule has 6 nitrogen and oxygen atoms in total. The van der Waals surface area contributed by atoms with Crippen LogP contribution in [0, 0.1) is 6.92 Å². The van der Waals surface area contributed by atoms with Gasteiger partial charge in [-0.25, -0.2) is 10.8 Å². The predicted octanol–water partition coefficient (Wildman–Crippen LogP) is 2.36. The third kappa shape index (κ3) is 5.06. The number of oxazole rings is 1. The Morgan fingerprint density at radius 1 is 1.36 bits per heavy atom. The number of hydrazine groups is 1. The normalized spacial score (nSPS) is 10.0. The molecular weight excluding hydrogens is 280 g/mol. The largest absolute Gasteiger partial charge is 0.442 e. The number of aromatic nitrogens is 1. The van der Waals surface area contributed by atoms with E-state index in [2.05, 4.69) is 47.3 Å². The summed E-state index contributed by atoms with van der Waals surface area (Å²) in [4.78, 5) is 13.1. The van der Waals surface area contributed by atoms with Crippen LogP contribution < -0.4 is 16.6 Å². The predicted molar refractivity (Wildman–Crippen MR) is 88.9 cm³/mol. The van der Waals surface area contributed by atoms with Gasteiger partial charge in [-0.2, -0.15) is 0 Å². The molecule has 22 heavy (non-hydrogen) atoms. The van der Waals surface area contributed by atoms with E-state index in [1.165, 1.54) is 11.1 Å². The fraction of sp³-hybridized carbons (Fsp3) is 0.250. The van der Waals surface area contributed by atoms with Gasteiger partial charge in [-0.1, -0.05) is 19.1 Å². The van der Waals surface area contributed by atoms with Crippen molar-refractivity contribution >= 4 is 24.2 Å². The lowest BCUT2D eigenvalue weighted by Crippen LogP contribution is -2.18. The zero-order valence-corrected chi connectivity index (χ0v) is 13.1. The van der Waals surface area contributed by atoms with E-state index in [-0.39, 0.29) is 0 Å². The van der Waals surface area contributed by atoms with Gasteiger partial charge in [0, 0.05) is 24.4 Å². The highest BCUT2D eigenvalue weighted by atomic mass is 16.3. The van der Waals surface area contributed by atoms with Crippen LogP contribution in [-0.2, 0) is 11.2 Å². The van der Waals surface area contributed by atoms with Crippen molar-refractivity contribution in [3.63, 3.8) is 0 Å². The van der Waals surface area contributed by atoms with Gasteiger partial charge in [0.2, 0.25) is 12.3 Å². The van der Waals surface area contributed by atoms with Crippen LogP contribution in [0.4, 0.5) is 5.69 Å². The van der Waals surface area contributed by atoms with Gasteiger partial charge in [-0.3, -0.25) is 10.2 Å². The van der Waals surface area contributed by atoms with Gasteiger partial charge in [0.25, 0.3) is 0 Å². The molecule has 0 aliphatic heterocycles. The van der Waals surface area contributed by atoms with Crippen LogP contribution in [0.15, 0.2) is 28.8 Å². The second-order valence-electron chi connectivity index (χ2n) is 4.41. The summed E-state index contributed by atoms with van der Waals surface area (Å²) in [5.41, 5.74) is 5.37. The van der Waals surface area contributed by atoms with Crippen molar-refractivity contribution in [2.75, 3.05) is 12.4 Å². The molecule has 0 radical (unpaired) electrons. The summed E-state index contributed by atoms with van der Waals surface area (Å²) in [5, 5.41) is 3.21. The third-order valence-corrected chi connectivity index (χ3v) is 2.95. The molecule has 0 unspecified atom stereocenters. The number of carbonyl (C=O) groups is 1. The zero-order chi connectivity index (χ0) is 16.4. The van der Waals surface area contributed by atoms with Crippen molar-refractivity contribution in [2.45, 2.75) is 20.3 Å². The Kier molecular flexibility index (Phi) is 7.42. The number of rotatable bonds is 5. The minimum absolute atomic E-state index is 0.403. The monoisotopic (exact) mass is 302 g/mol. The van der Waals surface area contributed by atoms with Crippen molar-refractivity contribution in [3.05, 3.63) is 47.2 Å². The molecule has 4 N–H and O–H groups in total. The number of benzene rings is 1. The average Bonchev–Trinajstić information content (AvgIpc) is 2.98. The number of amides is 1. The van der Waals surface area contributed by atoms with Gasteiger partial charge in [0.1, 0.15) is 5.76 Å². The molecule has 0 bridgehead atoms. The van der Waals surface area contributed by atoms with Crippen LogP contribution in [0.5, 0.6) is 0 Å². The lowest BCUT2D eigenvalue weighted by atomic mass is 10.0. The van der Waals surface area contributed by atoms with Gasteiger partial charge >= 0.3 is 0 Å². The van der Waals surface area contributed by atoms with Crippen LogP contribution in [0.25, 0.3) is 12.2 Å². The number of hydrogen-bond donors (Lipinski definition) is 3. The highest BCUT2D eigenvalue weighted by molar-refractivity contribution is 5.76. The molecular formula is C16H22N4O2. The smallest absolute Gasteiger partial charge is 0.221 e. The summed E-state index contributed by atoms with van der Waals surface area (Å²) in [5.74, 6) is 5.88. The first kappa shape index (κ1) is 17.5. The lowest BCUT2D eigenvalue weighted by molar-refractivity contribution is -0.109. The number of anilines is 1. The Balaban J connectivity index is 0.000000541. The molecule has 1 heterocycles.